The van der Waals surface area contributed by atoms with E-state index < -0.39 is 23.9 Å². The van der Waals surface area contributed by atoms with E-state index >= 15 is 0 Å². The van der Waals surface area contributed by atoms with Crippen LogP contribution in [0.3, 0.4) is 0 Å². The van der Waals surface area contributed by atoms with Crippen LogP contribution in [0, 0.1) is 0 Å². The van der Waals surface area contributed by atoms with Gasteiger partial charge in [0.15, 0.2) is 0 Å². The van der Waals surface area contributed by atoms with Crippen LogP contribution in [0.15, 0.2) is 18.2 Å². The second-order valence-corrected chi connectivity index (χ2v) is 6.54. The number of carbonyl (C=O) groups excluding carboxylic acids is 2. The topological polar surface area (TPSA) is 108 Å². The minimum absolute atomic E-state index is 0.0984. The number of ether oxygens (including phenoxy) is 1. The number of anilines is 1. The average Bonchev–Trinajstić information content (AvgIpc) is 2.81. The van der Waals surface area contributed by atoms with E-state index in [1.54, 1.807) is 39.0 Å². The molecule has 23 heavy (non-hydrogen) atoms. The van der Waals surface area contributed by atoms with Gasteiger partial charge in [-0.15, -0.1) is 0 Å². The van der Waals surface area contributed by atoms with Crippen molar-refractivity contribution in [2.24, 2.45) is 0 Å². The highest BCUT2D eigenvalue weighted by molar-refractivity contribution is 5.99. The van der Waals surface area contributed by atoms with Crippen molar-refractivity contribution in [1.29, 1.82) is 0 Å². The lowest BCUT2D eigenvalue weighted by Crippen LogP contribution is -2.38. The molecule has 1 aromatic rings. The summed E-state index contributed by atoms with van der Waals surface area (Å²) in [7, 11) is 0. The molecule has 0 aromatic heterocycles. The predicted octanol–water partition coefficient (Wildman–Crippen LogP) is 1.10. The molecule has 7 heteroatoms. The van der Waals surface area contributed by atoms with Gasteiger partial charge in [-0.2, -0.15) is 0 Å². The van der Waals surface area contributed by atoms with Crippen molar-refractivity contribution < 1.29 is 24.5 Å². The molecule has 0 aliphatic carbocycles. The van der Waals surface area contributed by atoms with E-state index in [2.05, 4.69) is 10.6 Å². The molecular weight excluding hydrogens is 300 g/mol. The highest BCUT2D eigenvalue weighted by atomic mass is 16.6. The molecule has 1 aromatic carbocycles. The predicted molar refractivity (Wildman–Crippen MR) is 84.0 cm³/mol. The molecule has 0 saturated heterocycles. The molecule has 0 saturated carbocycles. The molecule has 2 rings (SSSR count). The largest absolute Gasteiger partial charge is 0.444 e. The normalized spacial score (nSPS) is 16.3. The van der Waals surface area contributed by atoms with Crippen LogP contribution >= 0.6 is 0 Å². The van der Waals surface area contributed by atoms with E-state index in [4.69, 9.17) is 4.74 Å². The number of fused-ring (bicyclic) bond motifs is 1. The van der Waals surface area contributed by atoms with Crippen molar-refractivity contribution in [2.75, 3.05) is 11.9 Å². The third-order valence-corrected chi connectivity index (χ3v) is 3.31. The van der Waals surface area contributed by atoms with E-state index in [0.29, 0.717) is 11.3 Å². The summed E-state index contributed by atoms with van der Waals surface area (Å²) in [4.78, 5) is 22.9. The molecule has 126 valence electrons. The first-order chi connectivity index (χ1) is 10.7. The van der Waals surface area contributed by atoms with Crippen molar-refractivity contribution in [3.05, 3.63) is 29.3 Å². The minimum atomic E-state index is -1.19. The van der Waals surface area contributed by atoms with E-state index in [-0.39, 0.29) is 18.9 Å². The minimum Gasteiger partial charge on any atom is -0.444 e. The second-order valence-electron chi connectivity index (χ2n) is 6.54. The Morgan fingerprint density at radius 3 is 2.74 bits per heavy atom. The Balaban J connectivity index is 1.93. The molecular formula is C16H22N2O5. The number of aliphatic hydroxyl groups is 2. The summed E-state index contributed by atoms with van der Waals surface area (Å²) in [6, 6.07) is 4.99. The smallest absolute Gasteiger partial charge is 0.407 e. The standard InChI is InChI=1S/C16H22N2O5/c1-16(2,3)23-15(22)17-8-12(19)14(21)9-4-5-11-10(6-9)7-13(20)18-11/h4-6,12,14,19,21H,7-8H2,1-3H3,(H,17,22)(H,18,20). The van der Waals surface area contributed by atoms with Crippen LogP contribution in [-0.2, 0) is 16.0 Å². The zero-order valence-electron chi connectivity index (χ0n) is 13.4. The summed E-state index contributed by atoms with van der Waals surface area (Å²) in [6.07, 6.45) is -2.77. The highest BCUT2D eigenvalue weighted by Crippen LogP contribution is 2.27. The third-order valence-electron chi connectivity index (χ3n) is 3.31. The summed E-state index contributed by atoms with van der Waals surface area (Å²) >= 11 is 0. The van der Waals surface area contributed by atoms with Crippen LogP contribution in [0.1, 0.15) is 38.0 Å². The maximum atomic E-state index is 11.5. The Hall–Kier alpha value is -2.12. The van der Waals surface area contributed by atoms with Crippen LogP contribution in [0.4, 0.5) is 10.5 Å². The van der Waals surface area contributed by atoms with Crippen molar-refractivity contribution in [3.8, 4) is 0 Å². The third kappa shape index (κ3) is 4.67. The van der Waals surface area contributed by atoms with E-state index in [1.807, 2.05) is 0 Å². The Kier molecular flexibility index (Phi) is 4.91. The number of alkyl carbamates (subject to hydrolysis) is 1. The van der Waals surface area contributed by atoms with Crippen molar-refractivity contribution in [1.82, 2.24) is 5.32 Å². The molecule has 1 heterocycles. The van der Waals surface area contributed by atoms with Gasteiger partial charge in [-0.1, -0.05) is 12.1 Å². The van der Waals surface area contributed by atoms with E-state index in [9.17, 15) is 19.8 Å². The molecule has 2 unspecified atom stereocenters. The van der Waals surface area contributed by atoms with Gasteiger partial charge < -0.3 is 25.6 Å². The van der Waals surface area contributed by atoms with Gasteiger partial charge in [-0.3, -0.25) is 4.79 Å². The first-order valence-corrected chi connectivity index (χ1v) is 7.41. The quantitative estimate of drug-likeness (QED) is 0.664. The summed E-state index contributed by atoms with van der Waals surface area (Å²) in [5.41, 5.74) is 1.34. The van der Waals surface area contributed by atoms with E-state index in [0.717, 1.165) is 5.56 Å². The van der Waals surface area contributed by atoms with Crippen molar-refractivity contribution in [3.63, 3.8) is 0 Å². The molecule has 2 amide bonds. The number of hydrogen-bond donors (Lipinski definition) is 4. The highest BCUT2D eigenvalue weighted by Gasteiger charge is 2.24. The maximum absolute atomic E-state index is 11.5. The second kappa shape index (κ2) is 6.55. The number of aliphatic hydroxyl groups excluding tert-OH is 2. The van der Waals surface area contributed by atoms with Crippen molar-refractivity contribution in [2.45, 2.75) is 45.0 Å². The Bertz CT molecular complexity index is 609. The molecule has 1 aliphatic rings. The lowest BCUT2D eigenvalue weighted by molar-refractivity contribution is -0.115. The summed E-state index contributed by atoms with van der Waals surface area (Å²) in [6.45, 7) is 5.05. The summed E-state index contributed by atoms with van der Waals surface area (Å²) < 4.78 is 5.06. The molecule has 0 bridgehead atoms. The number of amides is 2. The zero-order valence-corrected chi connectivity index (χ0v) is 13.4. The fourth-order valence-electron chi connectivity index (χ4n) is 2.27. The monoisotopic (exact) mass is 322 g/mol. The average molecular weight is 322 g/mol. The van der Waals surface area contributed by atoms with Gasteiger partial charge in [-0.25, -0.2) is 4.79 Å². The molecule has 4 N–H and O–H groups in total. The first-order valence-electron chi connectivity index (χ1n) is 7.41. The zero-order chi connectivity index (χ0) is 17.2. The number of benzene rings is 1. The van der Waals surface area contributed by atoms with Crippen LogP contribution in [0.5, 0.6) is 0 Å². The van der Waals surface area contributed by atoms with E-state index in [1.165, 1.54) is 0 Å². The maximum Gasteiger partial charge on any atom is 0.407 e. The van der Waals surface area contributed by atoms with Gasteiger partial charge in [0, 0.05) is 12.2 Å². The molecule has 0 radical (unpaired) electrons. The van der Waals surface area contributed by atoms with Crippen molar-refractivity contribution >= 4 is 17.7 Å². The molecule has 0 spiro atoms. The number of rotatable bonds is 4. The number of carbonyl (C=O) groups is 2. The van der Waals surface area contributed by atoms with Crippen LogP contribution in [-0.4, -0.2) is 40.5 Å². The fraction of sp³-hybridized carbons (Fsp3) is 0.500. The number of hydrogen-bond acceptors (Lipinski definition) is 5. The van der Waals surface area contributed by atoms with Gasteiger partial charge in [-0.05, 0) is 38.0 Å². The Morgan fingerprint density at radius 2 is 2.09 bits per heavy atom. The Morgan fingerprint density at radius 1 is 1.39 bits per heavy atom. The van der Waals surface area contributed by atoms with Gasteiger partial charge in [0.2, 0.25) is 5.91 Å². The summed E-state index contributed by atoms with van der Waals surface area (Å²) in [5.74, 6) is -0.0984. The van der Waals surface area contributed by atoms with Crippen LogP contribution in [0.25, 0.3) is 0 Å². The van der Waals surface area contributed by atoms with Gasteiger partial charge in [0.25, 0.3) is 0 Å². The summed E-state index contributed by atoms with van der Waals surface area (Å²) in [5, 5.41) is 25.3. The van der Waals surface area contributed by atoms with Crippen LogP contribution in [0.2, 0.25) is 0 Å². The molecule has 2 atom stereocenters. The number of nitrogens with one attached hydrogen (secondary N) is 2. The van der Waals surface area contributed by atoms with Gasteiger partial charge in [0.1, 0.15) is 17.8 Å². The lowest BCUT2D eigenvalue weighted by atomic mass is 10.0. The van der Waals surface area contributed by atoms with Gasteiger partial charge >= 0.3 is 6.09 Å². The first kappa shape index (κ1) is 17.2. The van der Waals surface area contributed by atoms with Gasteiger partial charge in [0.05, 0.1) is 6.42 Å². The molecule has 1 aliphatic heterocycles. The SMILES string of the molecule is CC(C)(C)OC(=O)NCC(O)C(O)c1ccc2c(c1)CC(=O)N2. The molecule has 7 nitrogen and oxygen atoms in total. The molecule has 0 fully saturated rings. The lowest BCUT2D eigenvalue weighted by Gasteiger charge is -2.22. The Labute approximate surface area is 134 Å². The fourth-order valence-corrected chi connectivity index (χ4v) is 2.27. The van der Waals surface area contributed by atoms with Crippen LogP contribution < -0.4 is 10.6 Å².